The third-order valence-electron chi connectivity index (χ3n) is 21.0. The molecule has 0 unspecified atom stereocenters. The van der Waals surface area contributed by atoms with Gasteiger partial charge >= 0.3 is 6.03 Å². The van der Waals surface area contributed by atoms with E-state index in [1.807, 2.05) is 140 Å². The fraction of sp³-hybridized carbons (Fsp3) is 0.0303. The number of phenols is 1. The van der Waals surface area contributed by atoms with Crippen LogP contribution in [-0.4, -0.2) is 107 Å². The number of para-hydroxylation sites is 5. The van der Waals surface area contributed by atoms with Crippen molar-refractivity contribution in [3.63, 3.8) is 0 Å². The zero-order valence-corrected chi connectivity index (χ0v) is 71.2. The molecule has 0 atom stereocenters. The second-order valence-electron chi connectivity index (χ2n) is 29.4. The van der Waals surface area contributed by atoms with E-state index in [9.17, 15) is 43.9 Å². The molecule has 1 amide bonds. The van der Waals surface area contributed by atoms with Crippen molar-refractivity contribution in [2.45, 2.75) is 21.6 Å². The molecule has 12 heterocycles. The van der Waals surface area contributed by atoms with Crippen LogP contribution in [0.2, 0.25) is 0 Å². The predicted octanol–water partition coefficient (Wildman–Crippen LogP) is 22.2. The number of halogens is 2. The van der Waals surface area contributed by atoms with Gasteiger partial charge in [0.2, 0.25) is 0 Å². The van der Waals surface area contributed by atoms with Gasteiger partial charge in [-0.1, -0.05) is 146 Å². The highest BCUT2D eigenvalue weighted by atomic mass is 32.2. The Labute approximate surface area is 740 Å². The minimum atomic E-state index is -3.96. The molecule has 642 valence electrons. The first-order chi connectivity index (χ1) is 63.1. The summed E-state index contributed by atoms with van der Waals surface area (Å²) < 4.78 is 147. The summed E-state index contributed by atoms with van der Waals surface area (Å²) in [6, 6.07) is 78.1. The van der Waals surface area contributed by atoms with Crippen LogP contribution in [0.1, 0.15) is 5.69 Å². The molecule has 21 rings (SSSR count). The minimum Gasteiger partial charge on any atom is -0.507 e. The number of benzene rings is 9. The standard InChI is InChI=1S/C28H19N3O4S.C26H22N4O3.C23H16N2O4S.C22H13F2N3O3S/c32-36(33,22-11-5-2-6-12-22)31-18-25(27-17-29-19-34-27)24-15-20(16-30-28(24)31)23-13-7-8-14-26(23)35-21-9-3-1-4-10-21;1-17-24(32-16-28-17)22-15-30(26(31)29(2)3)25-21(22)13-18(14-27-25)20-11-7-8-12-23(20)33-19-9-5-4-6-10-19;26-22-9-5-4-8-19(22)17-12-20-21(16-10-11-29-15-16)14-25(23(20)24-13-17)30(27,28)18-6-2-1-3-7-18;23-15-6-7-17(20(24)9-15)14-8-18-19(21-11-25-13-30-21)12-27(22(18)26-10-14)31(28,29)16-4-2-1-3-5-16/h1-19H;4-16H,1-3H3;1-15,26H;1-13H. The van der Waals surface area contributed by atoms with Crippen LogP contribution in [0, 0.1) is 18.6 Å². The molecule has 130 heavy (non-hydrogen) atoms. The second kappa shape index (κ2) is 35.7. The van der Waals surface area contributed by atoms with Crippen LogP contribution in [0.3, 0.4) is 0 Å². The zero-order valence-electron chi connectivity index (χ0n) is 68.7. The largest absolute Gasteiger partial charge is 0.507 e. The molecular formula is C99H70F2N12O14S3. The number of aryl methyl sites for hydroxylation is 1. The first-order valence-corrected chi connectivity index (χ1v) is 44.2. The Kier molecular flexibility index (Phi) is 23.1. The van der Waals surface area contributed by atoms with E-state index in [-0.39, 0.29) is 43.3 Å². The summed E-state index contributed by atoms with van der Waals surface area (Å²) in [6.07, 6.45) is 22.6. The number of phenolic OH excluding ortho intramolecular Hbond substituents is 1. The first-order valence-electron chi connectivity index (χ1n) is 39.9. The first kappa shape index (κ1) is 84.1. The Morgan fingerprint density at radius 2 is 0.785 bits per heavy atom. The number of ether oxygens (including phenoxy) is 2. The van der Waals surface area contributed by atoms with Crippen LogP contribution < -0.4 is 9.47 Å². The molecule has 0 saturated heterocycles. The number of nitrogens with zero attached hydrogens (tertiary/aromatic N) is 12. The summed E-state index contributed by atoms with van der Waals surface area (Å²) in [5, 5.41) is 12.7. The third kappa shape index (κ3) is 16.7. The normalized spacial score (nSPS) is 11.5. The third-order valence-corrected chi connectivity index (χ3v) is 26.0. The maximum absolute atomic E-state index is 14.3. The molecule has 1 N–H and O–H groups in total. The highest BCUT2D eigenvalue weighted by Gasteiger charge is 2.30. The number of carbonyl (C=O) groups is 1. The number of hydrogen-bond donors (Lipinski definition) is 1. The summed E-state index contributed by atoms with van der Waals surface area (Å²) >= 11 is 0. The minimum absolute atomic E-state index is 0.0893. The van der Waals surface area contributed by atoms with E-state index < -0.39 is 41.7 Å². The number of hydrogen-bond acceptors (Lipinski definition) is 21. The van der Waals surface area contributed by atoms with Gasteiger partial charge in [-0.2, -0.15) is 0 Å². The number of carbonyl (C=O) groups excluding carboxylic acids is 1. The Bertz CT molecular complexity index is 8080. The van der Waals surface area contributed by atoms with Gasteiger partial charge in [-0.15, -0.1) is 0 Å². The fourth-order valence-corrected chi connectivity index (χ4v) is 18.7. The molecule has 21 aromatic rings. The topological polar surface area (TPSA) is 324 Å². The molecule has 0 bridgehead atoms. The molecule has 0 fully saturated rings. The Morgan fingerprint density at radius 3 is 1.20 bits per heavy atom. The van der Waals surface area contributed by atoms with Crippen LogP contribution in [0.5, 0.6) is 28.7 Å². The summed E-state index contributed by atoms with van der Waals surface area (Å²) in [7, 11) is -8.29. The second-order valence-corrected chi connectivity index (χ2v) is 34.9. The lowest BCUT2D eigenvalue weighted by molar-refractivity contribution is 0.220. The van der Waals surface area contributed by atoms with Crippen molar-refractivity contribution in [1.82, 2.24) is 56.3 Å². The number of furan rings is 1. The molecule has 12 aromatic heterocycles. The fourth-order valence-electron chi connectivity index (χ4n) is 14.7. The Balaban J connectivity index is 0.000000117. The van der Waals surface area contributed by atoms with Gasteiger partial charge in [0.15, 0.2) is 53.4 Å². The van der Waals surface area contributed by atoms with Crippen LogP contribution in [0.25, 0.3) is 134 Å². The number of amides is 1. The summed E-state index contributed by atoms with van der Waals surface area (Å²) in [4.78, 5) is 44.9. The average Bonchev–Trinajstić information content (AvgIpc) is 1.60. The Hall–Kier alpha value is -16.8. The molecule has 31 heteroatoms. The lowest BCUT2D eigenvalue weighted by atomic mass is 10.0. The molecule has 0 saturated carbocycles. The van der Waals surface area contributed by atoms with E-state index in [1.165, 1.54) is 85.8 Å². The van der Waals surface area contributed by atoms with Crippen LogP contribution in [0.15, 0.2) is 399 Å². The van der Waals surface area contributed by atoms with Crippen molar-refractivity contribution in [3.8, 4) is 118 Å². The SMILES string of the molecule is Cc1ncoc1-c1cn(C(=O)N(C)C)c2ncc(-c3ccccc3Oc3ccccc3)cc12.O=S(=O)(c1ccccc1)n1cc(-c2ccoc2)c2cc(-c3ccccc3O)cnc21.O=S(=O)(c1ccccc1)n1cc(-c2cnco2)c2cc(-c3ccc(F)cc3F)cnc21.O=S(=O)(c1ccccc1)n1cc(-c2cnco2)c2cc(-c3ccccc3Oc3ccccc3)cnc21. The van der Waals surface area contributed by atoms with Crippen LogP contribution in [-0.2, 0) is 30.1 Å². The van der Waals surface area contributed by atoms with E-state index in [0.29, 0.717) is 95.4 Å². The molecule has 26 nitrogen and oxygen atoms in total. The van der Waals surface area contributed by atoms with Gasteiger partial charge in [-0.25, -0.2) is 85.6 Å². The molecular weight excluding hydrogens is 1720 g/mol. The smallest absolute Gasteiger partial charge is 0.329 e. The van der Waals surface area contributed by atoms with Crippen molar-refractivity contribution in [2.24, 2.45) is 0 Å². The molecule has 0 radical (unpaired) electrons. The van der Waals surface area contributed by atoms with E-state index in [4.69, 9.17) is 27.1 Å². The van der Waals surface area contributed by atoms with E-state index in [0.717, 1.165) is 66.3 Å². The average molecular weight is 1790 g/mol. The van der Waals surface area contributed by atoms with Crippen molar-refractivity contribution in [2.75, 3.05) is 14.1 Å². The van der Waals surface area contributed by atoms with Crippen molar-refractivity contribution < 1.29 is 71.1 Å². The maximum Gasteiger partial charge on any atom is 0.329 e. The number of oxazole rings is 3. The van der Waals surface area contributed by atoms with Crippen LogP contribution >= 0.6 is 0 Å². The summed E-state index contributed by atoms with van der Waals surface area (Å²) in [6.45, 7) is 1.87. The van der Waals surface area contributed by atoms with Crippen molar-refractivity contribution >= 4 is 80.2 Å². The van der Waals surface area contributed by atoms with Gasteiger partial charge in [-0.3, -0.25) is 4.57 Å². The monoisotopic (exact) mass is 1780 g/mol. The van der Waals surface area contributed by atoms with Crippen molar-refractivity contribution in [3.05, 3.63) is 384 Å². The Morgan fingerprint density at radius 1 is 0.385 bits per heavy atom. The predicted molar refractivity (Wildman–Crippen MR) is 486 cm³/mol. The molecule has 0 aliphatic heterocycles. The number of pyridine rings is 4. The number of aromatic nitrogens is 11. The van der Waals surface area contributed by atoms with Crippen LogP contribution in [0.4, 0.5) is 13.6 Å². The van der Waals surface area contributed by atoms with Gasteiger partial charge < -0.3 is 37.1 Å². The highest BCUT2D eigenvalue weighted by molar-refractivity contribution is 7.90. The van der Waals surface area contributed by atoms with Crippen molar-refractivity contribution in [1.29, 1.82) is 0 Å². The maximum atomic E-state index is 14.3. The van der Waals surface area contributed by atoms with E-state index in [1.54, 1.807) is 167 Å². The molecule has 0 spiro atoms. The number of aromatic hydroxyl groups is 1. The molecule has 0 aliphatic carbocycles. The summed E-state index contributed by atoms with van der Waals surface area (Å²) in [5.74, 6) is 2.88. The zero-order chi connectivity index (χ0) is 89.8. The number of fused-ring (bicyclic) bond motifs is 4. The highest BCUT2D eigenvalue weighted by Crippen LogP contribution is 2.44. The molecule has 0 aliphatic rings. The van der Waals surface area contributed by atoms with E-state index >= 15 is 0 Å². The number of rotatable bonds is 18. The van der Waals surface area contributed by atoms with Gasteiger partial charge in [0, 0.05) is 164 Å². The lowest BCUT2D eigenvalue weighted by Crippen LogP contribution is -2.26. The van der Waals surface area contributed by atoms with Gasteiger partial charge in [0.1, 0.15) is 46.0 Å². The van der Waals surface area contributed by atoms with Gasteiger partial charge in [-0.05, 0) is 128 Å². The van der Waals surface area contributed by atoms with E-state index in [2.05, 4.69) is 34.9 Å². The molecule has 9 aromatic carbocycles. The van der Waals surface area contributed by atoms with Gasteiger partial charge in [0.05, 0.1) is 45.3 Å². The van der Waals surface area contributed by atoms with Gasteiger partial charge in [0.25, 0.3) is 30.1 Å². The lowest BCUT2D eigenvalue weighted by Gasteiger charge is -2.12. The summed E-state index contributed by atoms with van der Waals surface area (Å²) in [5.41, 5.74) is 10.3. The quantitative estimate of drug-likeness (QED) is 0.0834.